The van der Waals surface area contributed by atoms with Gasteiger partial charge in [-0.2, -0.15) is 13.2 Å². The first kappa shape index (κ1) is 16.6. The Morgan fingerprint density at radius 3 is 2.40 bits per heavy atom. The summed E-state index contributed by atoms with van der Waals surface area (Å²) in [6.07, 6.45) is -4.56. The molecule has 0 aliphatic rings. The number of ketones is 1. The Hall–Kier alpha value is -1.50. The molecule has 0 spiro atoms. The fourth-order valence-corrected chi connectivity index (χ4v) is 2.15. The molecule has 0 bridgehead atoms. The highest BCUT2D eigenvalue weighted by Gasteiger charge is 2.32. The summed E-state index contributed by atoms with van der Waals surface area (Å²) in [7, 11) is 0. The molecule has 0 fully saturated rings. The molecule has 1 aromatic carbocycles. The van der Waals surface area contributed by atoms with Gasteiger partial charge in [-0.25, -0.2) is 4.79 Å². The number of carbonyl (C=O) groups excluding carboxylic acids is 2. The van der Waals surface area contributed by atoms with E-state index < -0.39 is 17.7 Å². The maximum atomic E-state index is 12.8. The van der Waals surface area contributed by atoms with Crippen molar-refractivity contribution in [2.75, 3.05) is 12.4 Å². The van der Waals surface area contributed by atoms with E-state index in [0.717, 1.165) is 23.9 Å². The Balaban J connectivity index is 3.14. The maximum Gasteiger partial charge on any atom is 0.416 e. The summed E-state index contributed by atoms with van der Waals surface area (Å²) in [5.41, 5.74) is -1.11. The molecule has 0 amide bonds. The third-order valence-electron chi connectivity index (χ3n) is 2.19. The van der Waals surface area contributed by atoms with Crippen molar-refractivity contribution in [3.05, 3.63) is 29.3 Å². The topological polar surface area (TPSA) is 43.4 Å². The number of Topliss-reactive ketones (excluding diaryl/α,β-unsaturated/α-hetero) is 1. The van der Waals surface area contributed by atoms with Crippen LogP contribution in [0, 0.1) is 0 Å². The molecule has 0 heterocycles. The Labute approximate surface area is 118 Å². The lowest BCUT2D eigenvalue weighted by molar-refractivity contribution is -0.137. The van der Waals surface area contributed by atoms with E-state index in [1.807, 2.05) is 0 Å². The molecule has 110 valence electrons. The van der Waals surface area contributed by atoms with Crippen molar-refractivity contribution in [3.8, 4) is 0 Å². The number of esters is 1. The van der Waals surface area contributed by atoms with Crippen molar-refractivity contribution in [1.82, 2.24) is 0 Å². The Morgan fingerprint density at radius 1 is 1.25 bits per heavy atom. The van der Waals surface area contributed by atoms with Gasteiger partial charge in [-0.1, -0.05) is 0 Å². The molecular weight excluding hydrogens is 293 g/mol. The van der Waals surface area contributed by atoms with E-state index in [0.29, 0.717) is 0 Å². The predicted octanol–water partition coefficient (Wildman–Crippen LogP) is 3.56. The van der Waals surface area contributed by atoms with Crippen LogP contribution in [0.2, 0.25) is 0 Å². The zero-order chi connectivity index (χ0) is 15.3. The van der Waals surface area contributed by atoms with Crippen molar-refractivity contribution < 1.29 is 27.5 Å². The molecular formula is C13H13F3O3S. The molecule has 0 aromatic heterocycles. The minimum atomic E-state index is -4.56. The number of halogens is 3. The van der Waals surface area contributed by atoms with Crippen LogP contribution in [0.25, 0.3) is 0 Å². The number of benzene rings is 1. The van der Waals surface area contributed by atoms with Gasteiger partial charge in [0.25, 0.3) is 0 Å². The first-order valence-corrected chi connectivity index (χ1v) is 6.74. The second-order valence-corrected chi connectivity index (χ2v) is 5.00. The van der Waals surface area contributed by atoms with Gasteiger partial charge < -0.3 is 4.74 Å². The summed E-state index contributed by atoms with van der Waals surface area (Å²) in [6, 6.07) is 2.95. The molecule has 0 aliphatic carbocycles. The molecule has 0 N–H and O–H groups in total. The second kappa shape index (κ2) is 6.78. The number of hydrogen-bond donors (Lipinski definition) is 0. The average molecular weight is 306 g/mol. The van der Waals surface area contributed by atoms with Crippen LogP contribution in [0.5, 0.6) is 0 Å². The average Bonchev–Trinajstić information content (AvgIpc) is 2.35. The third kappa shape index (κ3) is 4.88. The van der Waals surface area contributed by atoms with Crippen LogP contribution in [-0.2, 0) is 15.7 Å². The van der Waals surface area contributed by atoms with E-state index in [-0.39, 0.29) is 28.6 Å². The molecule has 0 radical (unpaired) electrons. The maximum absolute atomic E-state index is 12.8. The van der Waals surface area contributed by atoms with Gasteiger partial charge in [0.05, 0.1) is 23.5 Å². The third-order valence-corrected chi connectivity index (χ3v) is 3.31. The quantitative estimate of drug-likeness (QED) is 0.616. The second-order valence-electron chi connectivity index (χ2n) is 3.95. The van der Waals surface area contributed by atoms with E-state index >= 15 is 0 Å². The van der Waals surface area contributed by atoms with Crippen LogP contribution in [0.1, 0.15) is 29.8 Å². The van der Waals surface area contributed by atoms with Gasteiger partial charge in [-0.05, 0) is 32.0 Å². The van der Waals surface area contributed by atoms with Crippen LogP contribution in [0.3, 0.4) is 0 Å². The van der Waals surface area contributed by atoms with Gasteiger partial charge in [0.15, 0.2) is 0 Å². The predicted molar refractivity (Wildman–Crippen MR) is 68.8 cm³/mol. The molecule has 0 saturated heterocycles. The lowest BCUT2D eigenvalue weighted by Gasteiger charge is -2.11. The molecule has 0 atom stereocenters. The number of alkyl halides is 3. The molecule has 0 unspecified atom stereocenters. The SMILES string of the molecule is CCOC(=O)c1cc(SCC(C)=O)cc(C(F)(F)F)c1. The van der Waals surface area contributed by atoms with Crippen LogP contribution >= 0.6 is 11.8 Å². The molecule has 20 heavy (non-hydrogen) atoms. The zero-order valence-electron chi connectivity index (χ0n) is 10.9. The zero-order valence-corrected chi connectivity index (χ0v) is 11.7. The number of ether oxygens (including phenoxy) is 1. The molecule has 7 heteroatoms. The van der Waals surface area contributed by atoms with Gasteiger partial charge in [0.1, 0.15) is 5.78 Å². The largest absolute Gasteiger partial charge is 0.462 e. The number of hydrogen-bond acceptors (Lipinski definition) is 4. The summed E-state index contributed by atoms with van der Waals surface area (Å²) in [6.45, 7) is 2.98. The monoisotopic (exact) mass is 306 g/mol. The van der Waals surface area contributed by atoms with Gasteiger partial charge in [-0.3, -0.25) is 4.79 Å². The fraction of sp³-hybridized carbons (Fsp3) is 0.385. The smallest absolute Gasteiger partial charge is 0.416 e. The van der Waals surface area contributed by atoms with Crippen molar-refractivity contribution in [1.29, 1.82) is 0 Å². The lowest BCUT2D eigenvalue weighted by atomic mass is 10.1. The first-order chi connectivity index (χ1) is 9.24. The van der Waals surface area contributed by atoms with E-state index in [1.165, 1.54) is 13.0 Å². The highest BCUT2D eigenvalue weighted by Crippen LogP contribution is 2.33. The summed E-state index contributed by atoms with van der Waals surface area (Å²) in [4.78, 5) is 22.6. The number of thioether (sulfide) groups is 1. The molecule has 3 nitrogen and oxygen atoms in total. The Morgan fingerprint density at radius 2 is 1.90 bits per heavy atom. The van der Waals surface area contributed by atoms with E-state index in [2.05, 4.69) is 0 Å². The summed E-state index contributed by atoms with van der Waals surface area (Å²) < 4.78 is 43.0. The Kier molecular flexibility index (Phi) is 5.62. The molecule has 1 rings (SSSR count). The van der Waals surface area contributed by atoms with Crippen molar-refractivity contribution in [2.24, 2.45) is 0 Å². The van der Waals surface area contributed by atoms with Crippen LogP contribution in [0.15, 0.2) is 23.1 Å². The van der Waals surface area contributed by atoms with Crippen LogP contribution in [-0.4, -0.2) is 24.1 Å². The number of rotatable bonds is 5. The highest BCUT2D eigenvalue weighted by atomic mass is 32.2. The van der Waals surface area contributed by atoms with Gasteiger partial charge >= 0.3 is 12.1 Å². The highest BCUT2D eigenvalue weighted by molar-refractivity contribution is 8.00. The van der Waals surface area contributed by atoms with E-state index in [9.17, 15) is 22.8 Å². The van der Waals surface area contributed by atoms with E-state index in [1.54, 1.807) is 6.92 Å². The summed E-state index contributed by atoms with van der Waals surface area (Å²) >= 11 is 0.951. The first-order valence-electron chi connectivity index (χ1n) is 5.75. The van der Waals surface area contributed by atoms with Crippen molar-refractivity contribution in [3.63, 3.8) is 0 Å². The molecule has 0 aliphatic heterocycles. The normalized spacial score (nSPS) is 11.2. The molecule has 1 aromatic rings. The Bertz CT molecular complexity index is 512. The van der Waals surface area contributed by atoms with Gasteiger partial charge in [-0.15, -0.1) is 11.8 Å². The van der Waals surface area contributed by atoms with Gasteiger partial charge in [0, 0.05) is 4.90 Å². The number of carbonyl (C=O) groups is 2. The summed E-state index contributed by atoms with van der Waals surface area (Å²) in [5.74, 6) is -0.933. The van der Waals surface area contributed by atoms with Crippen LogP contribution < -0.4 is 0 Å². The van der Waals surface area contributed by atoms with Gasteiger partial charge in [0.2, 0.25) is 0 Å². The minimum absolute atomic E-state index is 0.0452. The van der Waals surface area contributed by atoms with Crippen LogP contribution in [0.4, 0.5) is 13.2 Å². The standard InChI is InChI=1S/C13H13F3O3S/c1-3-19-12(18)9-4-10(13(14,15)16)6-11(5-9)20-7-8(2)17/h4-6H,3,7H2,1-2H3. The van der Waals surface area contributed by atoms with Crippen molar-refractivity contribution in [2.45, 2.75) is 24.9 Å². The summed E-state index contributed by atoms with van der Waals surface area (Å²) in [5, 5.41) is 0. The fourth-order valence-electron chi connectivity index (χ4n) is 1.36. The minimum Gasteiger partial charge on any atom is -0.462 e. The lowest BCUT2D eigenvalue weighted by Crippen LogP contribution is -2.10. The van der Waals surface area contributed by atoms with E-state index in [4.69, 9.17) is 4.74 Å². The van der Waals surface area contributed by atoms with Crippen molar-refractivity contribution >= 4 is 23.5 Å². The molecule has 0 saturated carbocycles.